The van der Waals surface area contributed by atoms with Crippen LogP contribution in [0.3, 0.4) is 0 Å². The molecule has 2 aliphatic heterocycles. The van der Waals surface area contributed by atoms with Gasteiger partial charge in [-0.25, -0.2) is 4.98 Å². The largest absolute Gasteiger partial charge is 0.492 e. The van der Waals surface area contributed by atoms with Crippen LogP contribution in [0, 0.1) is 0 Å². The summed E-state index contributed by atoms with van der Waals surface area (Å²) in [6.07, 6.45) is 2.03. The van der Waals surface area contributed by atoms with Gasteiger partial charge in [-0.1, -0.05) is 30.3 Å². The summed E-state index contributed by atoms with van der Waals surface area (Å²) < 4.78 is 7.08. The van der Waals surface area contributed by atoms with E-state index >= 15 is 0 Å². The van der Waals surface area contributed by atoms with Gasteiger partial charge in [-0.15, -0.1) is 11.3 Å². The number of para-hydroxylation sites is 2. The fraction of sp³-hybridized carbons (Fsp3) is 0.462. The number of ether oxygens (including phenoxy) is 1. The van der Waals surface area contributed by atoms with E-state index in [9.17, 15) is 4.79 Å². The number of carbonyl (C=O) groups excluding carboxylic acids is 1. The molecular formula is C26H32N4O2S. The monoisotopic (exact) mass is 464 g/mol. The first-order valence-corrected chi connectivity index (χ1v) is 12.8. The van der Waals surface area contributed by atoms with Crippen molar-refractivity contribution in [1.82, 2.24) is 19.7 Å². The van der Waals surface area contributed by atoms with Crippen molar-refractivity contribution in [3.8, 4) is 5.75 Å². The predicted molar refractivity (Wildman–Crippen MR) is 133 cm³/mol. The minimum Gasteiger partial charge on any atom is -0.492 e. The first-order valence-electron chi connectivity index (χ1n) is 12.0. The number of aromatic nitrogens is 1. The topological polar surface area (TPSA) is 48.9 Å². The molecule has 0 spiro atoms. The van der Waals surface area contributed by atoms with Gasteiger partial charge in [-0.05, 0) is 37.1 Å². The molecule has 0 atom stereocenters. The number of benzene rings is 2. The Labute approximate surface area is 199 Å². The Balaban J connectivity index is 1.02. The zero-order chi connectivity index (χ0) is 22.5. The van der Waals surface area contributed by atoms with Crippen LogP contribution < -0.4 is 4.74 Å². The second-order valence-corrected chi connectivity index (χ2v) is 10.0. The summed E-state index contributed by atoms with van der Waals surface area (Å²) >= 11 is 1.81. The SMILES string of the molecule is O=C(CN1CCN(CCOc2ccccc2)CC1)N1CCC(c2nc3ccccc3s2)CC1. The van der Waals surface area contributed by atoms with Gasteiger partial charge in [0.25, 0.3) is 0 Å². The fourth-order valence-corrected chi connectivity index (χ4v) is 5.85. The van der Waals surface area contributed by atoms with Crippen LogP contribution in [0.5, 0.6) is 5.75 Å². The third kappa shape index (κ3) is 5.72. The van der Waals surface area contributed by atoms with Gasteiger partial charge in [-0.2, -0.15) is 0 Å². The lowest BCUT2D eigenvalue weighted by molar-refractivity contribution is -0.133. The average molecular weight is 465 g/mol. The van der Waals surface area contributed by atoms with Crippen molar-refractivity contribution in [3.05, 3.63) is 59.6 Å². The Kier molecular flexibility index (Phi) is 7.19. The van der Waals surface area contributed by atoms with Crippen molar-refractivity contribution in [2.75, 3.05) is 59.0 Å². The van der Waals surface area contributed by atoms with Gasteiger partial charge in [0.15, 0.2) is 0 Å². The van der Waals surface area contributed by atoms with Gasteiger partial charge in [0.1, 0.15) is 12.4 Å². The highest BCUT2D eigenvalue weighted by atomic mass is 32.1. The highest BCUT2D eigenvalue weighted by molar-refractivity contribution is 7.18. The first kappa shape index (κ1) is 22.3. The van der Waals surface area contributed by atoms with Crippen molar-refractivity contribution in [2.45, 2.75) is 18.8 Å². The maximum absolute atomic E-state index is 12.9. The highest BCUT2D eigenvalue weighted by Gasteiger charge is 2.27. The number of amides is 1. The van der Waals surface area contributed by atoms with Gasteiger partial charge in [0.05, 0.1) is 21.8 Å². The molecule has 174 valence electrons. The van der Waals surface area contributed by atoms with Crippen LogP contribution in [0.4, 0.5) is 0 Å². The maximum Gasteiger partial charge on any atom is 0.236 e. The molecule has 33 heavy (non-hydrogen) atoms. The van der Waals surface area contributed by atoms with Gasteiger partial charge in [0, 0.05) is 51.7 Å². The Morgan fingerprint density at radius 1 is 0.909 bits per heavy atom. The number of piperidine rings is 1. The Morgan fingerprint density at radius 2 is 1.61 bits per heavy atom. The summed E-state index contributed by atoms with van der Waals surface area (Å²) in [4.78, 5) is 24.5. The molecule has 0 unspecified atom stereocenters. The normalized spacial score (nSPS) is 18.6. The Morgan fingerprint density at radius 3 is 2.36 bits per heavy atom. The van der Waals surface area contributed by atoms with Crippen LogP contribution in [-0.2, 0) is 4.79 Å². The maximum atomic E-state index is 12.9. The van der Waals surface area contributed by atoms with E-state index in [1.165, 1.54) is 9.71 Å². The van der Waals surface area contributed by atoms with Crippen LogP contribution in [0.2, 0.25) is 0 Å². The van der Waals surface area contributed by atoms with Gasteiger partial charge in [0.2, 0.25) is 5.91 Å². The number of carbonyl (C=O) groups is 1. The molecule has 5 rings (SSSR count). The van der Waals surface area contributed by atoms with E-state index in [2.05, 4.69) is 32.9 Å². The fourth-order valence-electron chi connectivity index (χ4n) is 4.71. The Bertz CT molecular complexity index is 1010. The second-order valence-electron chi connectivity index (χ2n) is 8.95. The molecule has 3 heterocycles. The van der Waals surface area contributed by atoms with E-state index < -0.39 is 0 Å². The predicted octanol–water partition coefficient (Wildman–Crippen LogP) is 3.70. The van der Waals surface area contributed by atoms with Crippen molar-refractivity contribution in [3.63, 3.8) is 0 Å². The van der Waals surface area contributed by atoms with E-state index in [-0.39, 0.29) is 5.91 Å². The Hall–Kier alpha value is -2.48. The summed E-state index contributed by atoms with van der Waals surface area (Å²) in [6.45, 7) is 7.73. The molecule has 0 aliphatic carbocycles. The number of hydrogen-bond acceptors (Lipinski definition) is 6. The minimum absolute atomic E-state index is 0.276. The van der Waals surface area contributed by atoms with Gasteiger partial charge < -0.3 is 9.64 Å². The van der Waals surface area contributed by atoms with Gasteiger partial charge >= 0.3 is 0 Å². The summed E-state index contributed by atoms with van der Waals surface area (Å²) in [7, 11) is 0. The molecule has 2 aliphatic rings. The molecule has 2 aromatic carbocycles. The molecule has 7 heteroatoms. The second kappa shape index (κ2) is 10.6. The molecule has 0 N–H and O–H groups in total. The lowest BCUT2D eigenvalue weighted by Crippen LogP contribution is -2.51. The lowest BCUT2D eigenvalue weighted by Gasteiger charge is -2.36. The first-order chi connectivity index (χ1) is 16.2. The minimum atomic E-state index is 0.276. The summed E-state index contributed by atoms with van der Waals surface area (Å²) in [5.74, 6) is 1.68. The van der Waals surface area contributed by atoms with Crippen molar-refractivity contribution in [1.29, 1.82) is 0 Å². The highest BCUT2D eigenvalue weighted by Crippen LogP contribution is 2.33. The number of thiazole rings is 1. The van der Waals surface area contributed by atoms with Crippen LogP contribution in [0.1, 0.15) is 23.8 Å². The van der Waals surface area contributed by atoms with E-state index in [0.29, 0.717) is 19.1 Å². The van der Waals surface area contributed by atoms with Crippen molar-refractivity contribution >= 4 is 27.5 Å². The molecule has 0 bridgehead atoms. The number of piperazine rings is 1. The molecule has 2 fully saturated rings. The van der Waals surface area contributed by atoms with Gasteiger partial charge in [-0.3, -0.25) is 14.6 Å². The summed E-state index contributed by atoms with van der Waals surface area (Å²) in [6, 6.07) is 18.3. The van der Waals surface area contributed by atoms with E-state index in [1.54, 1.807) is 0 Å². The number of rotatable bonds is 7. The number of nitrogens with zero attached hydrogens (tertiary/aromatic N) is 4. The zero-order valence-electron chi connectivity index (χ0n) is 19.1. The zero-order valence-corrected chi connectivity index (χ0v) is 19.9. The third-order valence-electron chi connectivity index (χ3n) is 6.75. The smallest absolute Gasteiger partial charge is 0.236 e. The lowest BCUT2D eigenvalue weighted by atomic mass is 9.97. The molecule has 1 amide bonds. The quantitative estimate of drug-likeness (QED) is 0.534. The van der Waals surface area contributed by atoms with E-state index in [4.69, 9.17) is 9.72 Å². The molecule has 6 nitrogen and oxygen atoms in total. The molecule has 2 saturated heterocycles. The van der Waals surface area contributed by atoms with Crippen LogP contribution in [-0.4, -0.2) is 84.6 Å². The van der Waals surface area contributed by atoms with Crippen LogP contribution >= 0.6 is 11.3 Å². The van der Waals surface area contributed by atoms with Crippen molar-refractivity contribution < 1.29 is 9.53 Å². The number of likely N-dealkylation sites (tertiary alicyclic amines) is 1. The van der Waals surface area contributed by atoms with Crippen LogP contribution in [0.15, 0.2) is 54.6 Å². The third-order valence-corrected chi connectivity index (χ3v) is 7.95. The number of fused-ring (bicyclic) bond motifs is 1. The molecule has 1 aromatic heterocycles. The average Bonchev–Trinajstić information content (AvgIpc) is 3.30. The van der Waals surface area contributed by atoms with E-state index in [1.807, 2.05) is 47.7 Å². The molecular weight excluding hydrogens is 432 g/mol. The molecule has 0 saturated carbocycles. The molecule has 0 radical (unpaired) electrons. The number of hydrogen-bond donors (Lipinski definition) is 0. The van der Waals surface area contributed by atoms with Crippen LogP contribution in [0.25, 0.3) is 10.2 Å². The van der Waals surface area contributed by atoms with E-state index in [0.717, 1.165) is 69.9 Å². The standard InChI is InChI=1S/C26H32N4O2S/c31-25(20-29-16-14-28(15-17-29)18-19-32-22-6-2-1-3-7-22)30-12-10-21(11-13-30)26-27-23-8-4-5-9-24(23)33-26/h1-9,21H,10-20H2. The van der Waals surface area contributed by atoms with Crippen molar-refractivity contribution in [2.24, 2.45) is 0 Å². The summed E-state index contributed by atoms with van der Waals surface area (Å²) in [5, 5.41) is 1.23. The summed E-state index contributed by atoms with van der Waals surface area (Å²) in [5.41, 5.74) is 1.10. The molecule has 3 aromatic rings.